The van der Waals surface area contributed by atoms with Crippen molar-refractivity contribution >= 4 is 49.8 Å². The number of hydrogen-bond acceptors (Lipinski definition) is 10. The molecule has 4 aromatic rings. The zero-order valence-electron chi connectivity index (χ0n) is 25.9. The molecule has 44 heavy (non-hydrogen) atoms. The summed E-state index contributed by atoms with van der Waals surface area (Å²) in [6, 6.07) is 13.8. The van der Waals surface area contributed by atoms with Crippen molar-refractivity contribution in [2.45, 2.75) is 46.1 Å². The highest BCUT2D eigenvalue weighted by Gasteiger charge is 2.22. The number of benzene rings is 3. The van der Waals surface area contributed by atoms with Gasteiger partial charge in [0, 0.05) is 17.8 Å². The Labute approximate surface area is 256 Å². The summed E-state index contributed by atoms with van der Waals surface area (Å²) in [6.07, 6.45) is 0.901. The fraction of sp³-hybridized carbons (Fsp3) is 0.333. The molecule has 0 atom stereocenters. The first-order valence-corrected chi connectivity index (χ1v) is 15.6. The Morgan fingerprint density at radius 1 is 0.886 bits per heavy atom. The smallest absolute Gasteiger partial charge is 0.330 e. The lowest BCUT2D eigenvalue weighted by atomic mass is 9.86. The number of methoxy groups -OCH3 is 1. The molecule has 0 radical (unpaired) electrons. The van der Waals surface area contributed by atoms with Gasteiger partial charge in [0.2, 0.25) is 16.0 Å². The molecule has 0 unspecified atom stereocenters. The summed E-state index contributed by atoms with van der Waals surface area (Å²) >= 11 is 0. The van der Waals surface area contributed by atoms with E-state index in [-0.39, 0.29) is 40.9 Å². The Morgan fingerprint density at radius 2 is 1.52 bits per heavy atom. The van der Waals surface area contributed by atoms with Gasteiger partial charge in [-0.2, -0.15) is 9.97 Å². The second kappa shape index (κ2) is 12.8. The number of fused-ring (bicyclic) bond motifs is 1. The number of amides is 2. The molecule has 13 nitrogen and oxygen atoms in total. The molecule has 0 spiro atoms. The first-order valence-electron chi connectivity index (χ1n) is 13.7. The van der Waals surface area contributed by atoms with Crippen molar-refractivity contribution in [2.75, 3.05) is 41.1 Å². The van der Waals surface area contributed by atoms with E-state index < -0.39 is 16.1 Å². The van der Waals surface area contributed by atoms with Crippen molar-refractivity contribution in [3.05, 3.63) is 54.1 Å². The van der Waals surface area contributed by atoms with E-state index in [1.54, 1.807) is 31.3 Å². The summed E-state index contributed by atoms with van der Waals surface area (Å²) < 4.78 is 43.8. The van der Waals surface area contributed by atoms with Crippen molar-refractivity contribution in [1.82, 2.24) is 15.0 Å². The zero-order chi connectivity index (χ0) is 32.2. The Hall–Kier alpha value is -4.85. The van der Waals surface area contributed by atoms with E-state index in [0.717, 1.165) is 11.8 Å². The van der Waals surface area contributed by atoms with Crippen molar-refractivity contribution in [3.8, 4) is 23.5 Å². The molecule has 1 aromatic heterocycles. The normalized spacial score (nSPS) is 11.7. The van der Waals surface area contributed by atoms with Gasteiger partial charge in [0.25, 0.3) is 0 Å². The summed E-state index contributed by atoms with van der Waals surface area (Å²) in [7, 11) is -0.543. The number of urea groups is 1. The van der Waals surface area contributed by atoms with Gasteiger partial charge in [-0.25, -0.2) is 13.2 Å². The van der Waals surface area contributed by atoms with Gasteiger partial charge in [-0.15, -0.1) is 4.98 Å². The van der Waals surface area contributed by atoms with Gasteiger partial charge in [-0.1, -0.05) is 45.0 Å². The molecule has 234 valence electrons. The van der Waals surface area contributed by atoms with Crippen LogP contribution in [0.3, 0.4) is 0 Å². The number of aromatic nitrogens is 3. The maximum absolute atomic E-state index is 13.3. The van der Waals surface area contributed by atoms with Crippen molar-refractivity contribution < 1.29 is 27.4 Å². The monoisotopic (exact) mass is 623 g/mol. The molecule has 0 saturated heterocycles. The van der Waals surface area contributed by atoms with Gasteiger partial charge in [0.05, 0.1) is 36.5 Å². The van der Waals surface area contributed by atoms with Crippen LogP contribution in [-0.4, -0.2) is 55.9 Å². The number of anilines is 4. The number of sulfonamides is 1. The van der Waals surface area contributed by atoms with Crippen LogP contribution in [0.25, 0.3) is 10.8 Å². The van der Waals surface area contributed by atoms with E-state index in [1.165, 1.54) is 7.11 Å². The Balaban J connectivity index is 1.66. The minimum Gasteiger partial charge on any atom is -0.492 e. The van der Waals surface area contributed by atoms with E-state index in [1.807, 2.05) is 58.9 Å². The third kappa shape index (κ3) is 7.95. The molecule has 2 amide bonds. The second-order valence-corrected chi connectivity index (χ2v) is 13.0. The number of ether oxygens (including phenoxy) is 3. The first-order chi connectivity index (χ1) is 20.7. The van der Waals surface area contributed by atoms with Crippen LogP contribution in [0.2, 0.25) is 0 Å². The van der Waals surface area contributed by atoms with E-state index in [9.17, 15) is 13.2 Å². The van der Waals surface area contributed by atoms with E-state index in [2.05, 4.69) is 35.6 Å². The highest BCUT2D eigenvalue weighted by atomic mass is 32.2. The van der Waals surface area contributed by atoms with Crippen LogP contribution in [0.15, 0.2) is 48.5 Å². The lowest BCUT2D eigenvalue weighted by Gasteiger charge is -2.24. The molecule has 4 N–H and O–H groups in total. The van der Waals surface area contributed by atoms with Gasteiger partial charge >= 0.3 is 18.1 Å². The van der Waals surface area contributed by atoms with Gasteiger partial charge in [0.1, 0.15) is 5.75 Å². The predicted molar refractivity (Wildman–Crippen MR) is 172 cm³/mol. The molecule has 0 aliphatic carbocycles. The SMILES string of the molecule is CNc1nc(Oc2ccc(NC(=O)Nc3cc(C(C)(C)C)cc(NS(C)(=O)=O)c3OC)c3ccccc23)nc(OC(C)C)n1. The molecule has 4 rings (SSSR count). The topological polar surface area (TPSA) is 166 Å². The summed E-state index contributed by atoms with van der Waals surface area (Å²) in [5, 5.41) is 9.94. The number of carbonyl (C=O) groups excluding carboxylic acids is 1. The lowest BCUT2D eigenvalue weighted by molar-refractivity contribution is 0.219. The fourth-order valence-electron chi connectivity index (χ4n) is 4.25. The number of rotatable bonds is 10. The van der Waals surface area contributed by atoms with Crippen LogP contribution in [0.5, 0.6) is 23.5 Å². The van der Waals surface area contributed by atoms with E-state index in [4.69, 9.17) is 14.2 Å². The number of hydrogen-bond donors (Lipinski definition) is 4. The lowest BCUT2D eigenvalue weighted by Crippen LogP contribution is -2.22. The number of nitrogens with one attached hydrogen (secondary N) is 4. The highest BCUT2D eigenvalue weighted by molar-refractivity contribution is 7.92. The Bertz CT molecular complexity index is 1790. The molecule has 14 heteroatoms. The van der Waals surface area contributed by atoms with Crippen LogP contribution in [0.1, 0.15) is 40.2 Å². The number of carbonyl (C=O) groups is 1. The summed E-state index contributed by atoms with van der Waals surface area (Å²) in [5.74, 6) is 0.906. The predicted octanol–water partition coefficient (Wildman–Crippen LogP) is 5.97. The van der Waals surface area contributed by atoms with Gasteiger partial charge in [-0.05, 0) is 49.1 Å². The molecule has 0 saturated carbocycles. The van der Waals surface area contributed by atoms with E-state index in [0.29, 0.717) is 27.9 Å². The molecule has 0 aliphatic heterocycles. The highest BCUT2D eigenvalue weighted by Crippen LogP contribution is 2.39. The maximum Gasteiger partial charge on any atom is 0.330 e. The van der Waals surface area contributed by atoms with Crippen LogP contribution >= 0.6 is 0 Å². The minimum absolute atomic E-state index is 0.0351. The summed E-state index contributed by atoms with van der Waals surface area (Å²) in [6.45, 7) is 9.66. The van der Waals surface area contributed by atoms with E-state index >= 15 is 0 Å². The van der Waals surface area contributed by atoms with Crippen LogP contribution in [-0.2, 0) is 15.4 Å². The number of nitrogens with zero attached hydrogens (tertiary/aromatic N) is 3. The fourth-order valence-corrected chi connectivity index (χ4v) is 4.80. The molecule has 1 heterocycles. The third-order valence-corrected chi connectivity index (χ3v) is 6.79. The Morgan fingerprint density at radius 3 is 2.14 bits per heavy atom. The van der Waals surface area contributed by atoms with Crippen LogP contribution < -0.4 is 34.9 Å². The van der Waals surface area contributed by atoms with Crippen molar-refractivity contribution in [1.29, 1.82) is 0 Å². The summed E-state index contributed by atoms with van der Waals surface area (Å²) in [4.78, 5) is 26.1. The molecule has 3 aromatic carbocycles. The minimum atomic E-state index is -3.62. The standard InChI is InChI=1S/C30H37N7O6S/c1-17(2)42-28-34-26(31-6)35-29(36-28)43-24-14-13-21(19-11-9-10-12-20(19)24)32-27(38)33-22-15-18(30(3,4)5)16-23(25(22)41-7)37-44(8,39)40/h9-17,37H,1-8H3,(H2,32,33,38)(H,31,34,35,36). The maximum atomic E-state index is 13.3. The van der Waals surface area contributed by atoms with Gasteiger partial charge < -0.3 is 30.2 Å². The van der Waals surface area contributed by atoms with Crippen LogP contribution in [0.4, 0.5) is 27.8 Å². The largest absolute Gasteiger partial charge is 0.492 e. The van der Waals surface area contributed by atoms with Crippen molar-refractivity contribution in [3.63, 3.8) is 0 Å². The summed E-state index contributed by atoms with van der Waals surface area (Å²) in [5.41, 5.74) is 1.44. The van der Waals surface area contributed by atoms with Gasteiger partial charge in [0.15, 0.2) is 5.75 Å². The van der Waals surface area contributed by atoms with Crippen LogP contribution in [0, 0.1) is 0 Å². The quantitative estimate of drug-likeness (QED) is 0.165. The van der Waals surface area contributed by atoms with Crippen molar-refractivity contribution in [2.24, 2.45) is 0 Å². The van der Waals surface area contributed by atoms with Gasteiger partial charge in [-0.3, -0.25) is 4.72 Å². The average molecular weight is 624 g/mol. The second-order valence-electron chi connectivity index (χ2n) is 11.2. The molecule has 0 bridgehead atoms. The average Bonchev–Trinajstić information content (AvgIpc) is 2.92. The molecular formula is C30H37N7O6S. The Kier molecular flexibility index (Phi) is 9.33. The zero-order valence-corrected chi connectivity index (χ0v) is 26.7. The molecule has 0 aliphatic rings. The molecule has 0 fully saturated rings. The third-order valence-electron chi connectivity index (χ3n) is 6.20. The molecular weight excluding hydrogens is 586 g/mol. The first kappa shape index (κ1) is 32.1.